The van der Waals surface area contributed by atoms with E-state index < -0.39 is 0 Å². The molecule has 1 atom stereocenters. The molecular formula is C14H21N5OS. The standard InChI is InChI=1S/C14H21N5OS/c1-11-15-5-14(21-11)9-18-4-2-3-12(6-18)7-19-8-13(10-20)16-17-19/h5,8,12,20H,2-4,6-7,9-10H2,1H3. The summed E-state index contributed by atoms with van der Waals surface area (Å²) in [5, 5.41) is 18.2. The number of rotatable bonds is 5. The number of aromatic nitrogens is 4. The van der Waals surface area contributed by atoms with Crippen LogP contribution >= 0.6 is 11.3 Å². The Hall–Kier alpha value is -1.31. The van der Waals surface area contributed by atoms with Crippen molar-refractivity contribution in [2.24, 2.45) is 5.92 Å². The van der Waals surface area contributed by atoms with Gasteiger partial charge in [-0.05, 0) is 32.2 Å². The van der Waals surface area contributed by atoms with Gasteiger partial charge in [-0.2, -0.15) is 0 Å². The van der Waals surface area contributed by atoms with E-state index in [-0.39, 0.29) is 6.61 Å². The van der Waals surface area contributed by atoms with Gasteiger partial charge in [0.2, 0.25) is 0 Å². The van der Waals surface area contributed by atoms with Gasteiger partial charge in [0, 0.05) is 30.7 Å². The average molecular weight is 307 g/mol. The smallest absolute Gasteiger partial charge is 0.108 e. The highest BCUT2D eigenvalue weighted by Gasteiger charge is 2.21. The molecule has 1 aliphatic rings. The summed E-state index contributed by atoms with van der Waals surface area (Å²) in [6.45, 7) is 6.14. The molecule has 114 valence electrons. The Morgan fingerprint density at radius 1 is 1.48 bits per heavy atom. The third kappa shape index (κ3) is 3.87. The Morgan fingerprint density at radius 2 is 2.38 bits per heavy atom. The SMILES string of the molecule is Cc1ncc(CN2CCCC(Cn3cc(CO)nn3)C2)s1. The summed E-state index contributed by atoms with van der Waals surface area (Å²) in [6, 6.07) is 0. The Labute approximate surface area is 128 Å². The molecule has 1 saturated heterocycles. The van der Waals surface area contributed by atoms with E-state index in [4.69, 9.17) is 5.11 Å². The van der Waals surface area contributed by atoms with E-state index in [1.165, 1.54) is 17.7 Å². The third-order valence-electron chi connectivity index (χ3n) is 3.85. The first-order valence-electron chi connectivity index (χ1n) is 7.36. The Kier molecular flexibility index (Phi) is 4.62. The van der Waals surface area contributed by atoms with Crippen LogP contribution in [0.3, 0.4) is 0 Å². The van der Waals surface area contributed by atoms with Crippen molar-refractivity contribution >= 4 is 11.3 Å². The summed E-state index contributed by atoms with van der Waals surface area (Å²) in [6.07, 6.45) is 6.29. The predicted molar refractivity (Wildman–Crippen MR) is 80.8 cm³/mol. The van der Waals surface area contributed by atoms with Gasteiger partial charge in [-0.15, -0.1) is 16.4 Å². The van der Waals surface area contributed by atoms with Gasteiger partial charge in [0.05, 0.1) is 17.8 Å². The topological polar surface area (TPSA) is 67.1 Å². The van der Waals surface area contributed by atoms with Crippen LogP contribution < -0.4 is 0 Å². The largest absolute Gasteiger partial charge is 0.390 e. The molecule has 0 aromatic carbocycles. The normalized spacial score (nSPS) is 20.0. The highest BCUT2D eigenvalue weighted by Crippen LogP contribution is 2.22. The zero-order valence-corrected chi connectivity index (χ0v) is 13.1. The van der Waals surface area contributed by atoms with Gasteiger partial charge in [0.25, 0.3) is 0 Å². The van der Waals surface area contributed by atoms with Crippen LogP contribution in [0.5, 0.6) is 0 Å². The Morgan fingerprint density at radius 3 is 3.10 bits per heavy atom. The molecule has 3 heterocycles. The molecule has 1 aliphatic heterocycles. The molecule has 0 spiro atoms. The average Bonchev–Trinajstić information content (AvgIpc) is 3.08. The maximum atomic E-state index is 9.04. The lowest BCUT2D eigenvalue weighted by Gasteiger charge is -2.32. The summed E-state index contributed by atoms with van der Waals surface area (Å²) in [5.74, 6) is 0.598. The summed E-state index contributed by atoms with van der Waals surface area (Å²) >= 11 is 1.78. The number of aryl methyl sites for hydroxylation is 1. The van der Waals surface area contributed by atoms with Crippen molar-refractivity contribution in [2.75, 3.05) is 13.1 Å². The molecule has 0 saturated carbocycles. The highest BCUT2D eigenvalue weighted by atomic mass is 32.1. The van der Waals surface area contributed by atoms with Crippen LogP contribution in [0.15, 0.2) is 12.4 Å². The van der Waals surface area contributed by atoms with Crippen molar-refractivity contribution in [3.8, 4) is 0 Å². The van der Waals surface area contributed by atoms with Crippen LogP contribution in [0.2, 0.25) is 0 Å². The Balaban J connectivity index is 1.55. The van der Waals surface area contributed by atoms with Crippen molar-refractivity contribution in [3.63, 3.8) is 0 Å². The van der Waals surface area contributed by atoms with Crippen molar-refractivity contribution in [1.82, 2.24) is 24.9 Å². The number of likely N-dealkylation sites (tertiary alicyclic amines) is 1. The number of hydrogen-bond acceptors (Lipinski definition) is 6. The van der Waals surface area contributed by atoms with Crippen LogP contribution in [0.25, 0.3) is 0 Å². The van der Waals surface area contributed by atoms with Crippen LogP contribution in [-0.4, -0.2) is 43.1 Å². The fourth-order valence-corrected chi connectivity index (χ4v) is 3.74. The molecule has 21 heavy (non-hydrogen) atoms. The van der Waals surface area contributed by atoms with E-state index in [0.29, 0.717) is 11.6 Å². The maximum Gasteiger partial charge on any atom is 0.108 e. The molecule has 0 bridgehead atoms. The van der Waals surface area contributed by atoms with E-state index >= 15 is 0 Å². The molecule has 7 heteroatoms. The second-order valence-electron chi connectivity index (χ2n) is 5.68. The minimum absolute atomic E-state index is 0.0402. The molecule has 1 fully saturated rings. The number of nitrogens with zero attached hydrogens (tertiary/aromatic N) is 5. The molecule has 2 aromatic rings. The molecule has 0 radical (unpaired) electrons. The lowest BCUT2D eigenvalue weighted by molar-refractivity contribution is 0.154. The van der Waals surface area contributed by atoms with E-state index in [2.05, 4.69) is 27.1 Å². The monoisotopic (exact) mass is 307 g/mol. The zero-order chi connectivity index (χ0) is 14.7. The van der Waals surface area contributed by atoms with Crippen LogP contribution in [0.1, 0.15) is 28.4 Å². The summed E-state index contributed by atoms with van der Waals surface area (Å²) in [7, 11) is 0. The van der Waals surface area contributed by atoms with E-state index in [1.807, 2.05) is 17.1 Å². The number of aliphatic hydroxyl groups excluding tert-OH is 1. The van der Waals surface area contributed by atoms with Gasteiger partial charge >= 0.3 is 0 Å². The molecule has 1 N–H and O–H groups in total. The molecule has 3 rings (SSSR count). The lowest BCUT2D eigenvalue weighted by Crippen LogP contribution is -2.36. The summed E-state index contributed by atoms with van der Waals surface area (Å²) < 4.78 is 1.86. The summed E-state index contributed by atoms with van der Waals surface area (Å²) in [4.78, 5) is 8.18. The van der Waals surface area contributed by atoms with E-state index in [9.17, 15) is 0 Å². The molecule has 0 amide bonds. The fourth-order valence-electron chi connectivity index (χ4n) is 2.91. The molecule has 6 nitrogen and oxygen atoms in total. The molecule has 0 aliphatic carbocycles. The highest BCUT2D eigenvalue weighted by molar-refractivity contribution is 7.11. The van der Waals surface area contributed by atoms with Gasteiger partial charge < -0.3 is 5.11 Å². The first-order valence-corrected chi connectivity index (χ1v) is 8.18. The minimum atomic E-state index is -0.0402. The fraction of sp³-hybridized carbons (Fsp3) is 0.643. The first kappa shape index (κ1) is 14.6. The predicted octanol–water partition coefficient (Wildman–Crippen LogP) is 1.45. The maximum absolute atomic E-state index is 9.04. The molecule has 1 unspecified atom stereocenters. The van der Waals surface area contributed by atoms with Crippen LogP contribution in [0, 0.1) is 12.8 Å². The number of thiazole rings is 1. The minimum Gasteiger partial charge on any atom is -0.390 e. The van der Waals surface area contributed by atoms with Gasteiger partial charge in [-0.3, -0.25) is 9.58 Å². The van der Waals surface area contributed by atoms with Gasteiger partial charge in [-0.25, -0.2) is 4.98 Å². The Bertz CT molecular complexity index is 581. The number of aliphatic hydroxyl groups is 1. The number of hydrogen-bond donors (Lipinski definition) is 1. The van der Waals surface area contributed by atoms with Crippen LogP contribution in [0.4, 0.5) is 0 Å². The summed E-state index contributed by atoms with van der Waals surface area (Å²) in [5.41, 5.74) is 0.641. The lowest BCUT2D eigenvalue weighted by atomic mass is 9.98. The van der Waals surface area contributed by atoms with Gasteiger partial charge in [0.15, 0.2) is 0 Å². The van der Waals surface area contributed by atoms with E-state index in [0.717, 1.165) is 31.2 Å². The van der Waals surface area contributed by atoms with Crippen molar-refractivity contribution in [3.05, 3.63) is 28.0 Å². The second kappa shape index (κ2) is 6.64. The van der Waals surface area contributed by atoms with Crippen molar-refractivity contribution in [2.45, 2.75) is 39.5 Å². The molecule has 2 aromatic heterocycles. The molecular weight excluding hydrogens is 286 g/mol. The van der Waals surface area contributed by atoms with Gasteiger partial charge in [-0.1, -0.05) is 5.21 Å². The quantitative estimate of drug-likeness (QED) is 0.905. The zero-order valence-electron chi connectivity index (χ0n) is 12.3. The van der Waals surface area contributed by atoms with Crippen molar-refractivity contribution < 1.29 is 5.11 Å². The first-order chi connectivity index (χ1) is 10.2. The van der Waals surface area contributed by atoms with Gasteiger partial charge in [0.1, 0.15) is 5.69 Å². The second-order valence-corrected chi connectivity index (χ2v) is 7.00. The van der Waals surface area contributed by atoms with Crippen molar-refractivity contribution in [1.29, 1.82) is 0 Å². The van der Waals surface area contributed by atoms with Crippen LogP contribution in [-0.2, 0) is 19.7 Å². The third-order valence-corrected chi connectivity index (χ3v) is 4.74. The van der Waals surface area contributed by atoms with E-state index in [1.54, 1.807) is 11.3 Å². The number of piperidine rings is 1.